The summed E-state index contributed by atoms with van der Waals surface area (Å²) in [6.45, 7) is 5.80. The Hall–Kier alpha value is -20.5. The van der Waals surface area contributed by atoms with Crippen molar-refractivity contribution in [3.05, 3.63) is 427 Å². The van der Waals surface area contributed by atoms with Crippen molar-refractivity contribution < 1.29 is 47.7 Å². The minimum atomic E-state index is -0.346. The number of halogens is 2. The Kier molecular flexibility index (Phi) is 38.2. The number of pyridine rings is 5. The van der Waals surface area contributed by atoms with E-state index in [1.54, 1.807) is 220 Å². The van der Waals surface area contributed by atoms with Gasteiger partial charge in [0.1, 0.15) is 70.8 Å². The molecule has 0 saturated carbocycles. The molecule has 6 amide bonds. The molecule has 0 spiro atoms. The Morgan fingerprint density at radius 2 is 0.568 bits per heavy atom. The number of rotatable bonds is 24. The van der Waals surface area contributed by atoms with Crippen molar-refractivity contribution in [1.82, 2.24) is 94.7 Å². The number of aromatic nitrogens is 19. The third-order valence-electron chi connectivity index (χ3n) is 19.2. The second-order valence-corrected chi connectivity index (χ2v) is 30.8. The van der Waals surface area contributed by atoms with Gasteiger partial charge >= 0.3 is 0 Å². The number of aryl methyl sites for hydroxylation is 3. The summed E-state index contributed by atoms with van der Waals surface area (Å²) >= 11 is 12.2. The van der Waals surface area contributed by atoms with Crippen LogP contribution in [-0.4, -0.2) is 144 Å². The van der Waals surface area contributed by atoms with Crippen molar-refractivity contribution in [2.75, 3.05) is 55.8 Å². The lowest BCUT2D eigenvalue weighted by molar-refractivity contribution is 0.101. The Balaban J connectivity index is 0.000000156. The lowest BCUT2D eigenvalue weighted by Gasteiger charge is -2.19. The van der Waals surface area contributed by atoms with E-state index < -0.39 is 0 Å². The summed E-state index contributed by atoms with van der Waals surface area (Å²) in [7, 11) is 3.70. The number of carbonyl (C=O) groups excluding carboxylic acids is 6. The smallest absolute Gasteiger partial charge is 0.256 e. The molecule has 18 aromatic rings. The van der Waals surface area contributed by atoms with Gasteiger partial charge in [0.05, 0.1) is 140 Å². The molecule has 0 unspecified atom stereocenters. The summed E-state index contributed by atoms with van der Waals surface area (Å²) < 4.78 is 22.2. The van der Waals surface area contributed by atoms with Gasteiger partial charge in [-0.2, -0.15) is 9.97 Å². The molecule has 39 heteroatoms. The highest BCUT2D eigenvalue weighted by Gasteiger charge is 2.19. The first-order valence-electron chi connectivity index (χ1n) is 43.0. The van der Waals surface area contributed by atoms with Gasteiger partial charge in [0.2, 0.25) is 11.8 Å². The Morgan fingerprint density at radius 3 is 0.904 bits per heavy atom. The molecule has 0 saturated heterocycles. The van der Waals surface area contributed by atoms with Crippen molar-refractivity contribution >= 4 is 116 Å². The highest BCUT2D eigenvalue weighted by atomic mass is 35.5. The number of terminal acetylenes is 3. The van der Waals surface area contributed by atoms with Gasteiger partial charge in [-0.25, -0.2) is 59.8 Å². The second kappa shape index (κ2) is 53.4. The van der Waals surface area contributed by atoms with Gasteiger partial charge in [-0.05, 0) is 136 Å². The molecule has 0 radical (unpaired) electrons. The lowest BCUT2D eigenvalue weighted by Crippen LogP contribution is -2.15. The predicted molar refractivity (Wildman–Crippen MR) is 553 cm³/mol. The summed E-state index contributed by atoms with van der Waals surface area (Å²) in [6.07, 6.45) is 54.2. The van der Waals surface area contributed by atoms with Gasteiger partial charge in [-0.3, -0.25) is 53.7 Å². The molecule has 0 aliphatic heterocycles. The first-order chi connectivity index (χ1) is 70.5. The van der Waals surface area contributed by atoms with Crippen LogP contribution in [0.2, 0.25) is 10.3 Å². The molecule has 0 atom stereocenters. The molecule has 6 aromatic carbocycles. The van der Waals surface area contributed by atoms with Gasteiger partial charge in [0, 0.05) is 106 Å². The molecular formula is C107H85Cl2N27O10. The van der Waals surface area contributed by atoms with Crippen molar-refractivity contribution in [3.8, 4) is 83.3 Å². The van der Waals surface area contributed by atoms with Crippen LogP contribution in [-0.2, 0) is 0 Å². The molecular weight excluding hydrogens is 1890 g/mol. The summed E-state index contributed by atoms with van der Waals surface area (Å²) in [6, 6.07) is 56.1. The van der Waals surface area contributed by atoms with Crippen LogP contribution in [0.25, 0.3) is 0 Å². The minimum Gasteiger partial charge on any atom is -0.454 e. The zero-order chi connectivity index (χ0) is 102. The first-order valence-corrected chi connectivity index (χ1v) is 43.8. The number of anilines is 10. The number of hydrogen-bond acceptors (Lipinski definition) is 31. The average molecular weight is 1980 g/mol. The van der Waals surface area contributed by atoms with Crippen LogP contribution in [0.1, 0.15) is 103 Å². The molecule has 12 aromatic heterocycles. The maximum absolute atomic E-state index is 12.4. The van der Waals surface area contributed by atoms with Crippen LogP contribution >= 0.6 is 23.2 Å². The van der Waals surface area contributed by atoms with Crippen molar-refractivity contribution in [2.45, 2.75) is 28.2 Å². The topological polar surface area (TPSA) is 463 Å². The number of carbonyl (C=O) groups is 6. The Morgan fingerprint density at radius 1 is 0.274 bits per heavy atom. The molecule has 6 N–H and O–H groups in total. The highest BCUT2D eigenvalue weighted by Crippen LogP contribution is 2.32. The fourth-order valence-corrected chi connectivity index (χ4v) is 12.8. The number of ether oxygens (including phenoxy) is 4. The second-order valence-electron chi connectivity index (χ2n) is 30.0. The van der Waals surface area contributed by atoms with Crippen LogP contribution in [0.5, 0.6) is 46.3 Å². The molecule has 18 rings (SSSR count). The van der Waals surface area contributed by atoms with Crippen LogP contribution in [0.15, 0.2) is 350 Å². The third-order valence-corrected chi connectivity index (χ3v) is 19.6. The summed E-state index contributed by atoms with van der Waals surface area (Å²) in [5.41, 5.74) is 12.1. The van der Waals surface area contributed by atoms with E-state index in [0.717, 1.165) is 39.4 Å². The van der Waals surface area contributed by atoms with Crippen LogP contribution in [0, 0.1) is 57.8 Å². The molecule has 0 aliphatic carbocycles. The number of nitrogens with one attached hydrogen (secondary N) is 6. The number of hydrogen-bond donors (Lipinski definition) is 6. The molecule has 12 heterocycles. The highest BCUT2D eigenvalue weighted by molar-refractivity contribution is 6.30. The fraction of sp³-hybridized carbons (Fsp3) is 0.0561. The van der Waals surface area contributed by atoms with E-state index in [0.29, 0.717) is 113 Å². The van der Waals surface area contributed by atoms with Crippen molar-refractivity contribution in [3.63, 3.8) is 0 Å². The normalized spacial score (nSPS) is 9.97. The van der Waals surface area contributed by atoms with Gasteiger partial charge in [0.15, 0.2) is 28.9 Å². The number of amides is 6. The zero-order valence-corrected chi connectivity index (χ0v) is 78.9. The van der Waals surface area contributed by atoms with Crippen LogP contribution < -0.4 is 60.6 Å². The Bertz CT molecular complexity index is 7370. The van der Waals surface area contributed by atoms with E-state index in [1.807, 2.05) is 93.2 Å². The summed E-state index contributed by atoms with van der Waals surface area (Å²) in [4.78, 5) is 153. The van der Waals surface area contributed by atoms with Gasteiger partial charge in [-0.15, -0.1) is 19.3 Å². The zero-order valence-electron chi connectivity index (χ0n) is 77.4. The van der Waals surface area contributed by atoms with E-state index in [1.165, 1.54) is 81.2 Å². The van der Waals surface area contributed by atoms with Gasteiger partial charge in [-0.1, -0.05) is 120 Å². The van der Waals surface area contributed by atoms with Crippen molar-refractivity contribution in [1.29, 1.82) is 0 Å². The summed E-state index contributed by atoms with van der Waals surface area (Å²) in [5, 5.41) is 16.9. The fourth-order valence-electron chi connectivity index (χ4n) is 12.4. The first kappa shape index (κ1) is 104. The lowest BCUT2D eigenvalue weighted by atomic mass is 10.1. The largest absolute Gasteiger partial charge is 0.454 e. The van der Waals surface area contributed by atoms with Crippen LogP contribution in [0.4, 0.5) is 57.4 Å². The van der Waals surface area contributed by atoms with E-state index in [4.69, 9.17) is 61.4 Å². The Labute approximate surface area is 847 Å². The van der Waals surface area contributed by atoms with E-state index in [9.17, 15) is 28.8 Å². The van der Waals surface area contributed by atoms with Crippen LogP contribution in [0.3, 0.4) is 0 Å². The monoisotopic (exact) mass is 1980 g/mol. The maximum atomic E-state index is 12.4. The number of benzene rings is 6. The van der Waals surface area contributed by atoms with E-state index in [-0.39, 0.29) is 70.8 Å². The summed E-state index contributed by atoms with van der Waals surface area (Å²) in [5.74, 6) is 10.5. The standard InChI is InChI=1S/C19H14ClN5O.C19H13N3O2.C18H16ClN5O.C17H11N5O2.C17H14N4O2.C16H13N5O2.CH4/c1-3-13-5-4-6-14(7-13)19(26)24-18-9-15(8-17(20)23-18)25(2)16-10-21-12-22-11-16;1-2-14-5-3-6-15(9-14)19(23)22-16-10-18(13-21-11-16)24-17-7-4-8-20-12-17;1-12-4-3-5-13(6-12)18(25)23-17-8-14(7-16(19)22-17)24(2)15-9-20-11-21-10-15;1-2-12-4-3-5-13(6-12)17(23)22-15-9-18-10-16(21-15)24-14-7-19-11-20-8-14;1-12-3-2-4-13(5-12)17(22)21-14-6-15(8-18-7-14)23-16-9-19-11-20-10-16;1-11-3-2-4-12(5-11)16(22)21-14-8-17-9-15(20-14)23-13-6-18-10-19-7-13;/h1,4-12H,2H3,(H,23,24,26);1,3-13H,(H,22,23);3-11H,1-2H3,(H,22,23,25);1,3-11H,(H,21,22,23);2-11H,1H3,(H,21,22);2-10H,1H3,(H,20,21,22);1H4. The van der Waals surface area contributed by atoms with Crippen molar-refractivity contribution in [2.24, 2.45) is 0 Å². The molecule has 37 nitrogen and oxygen atoms in total. The average Bonchev–Trinajstić information content (AvgIpc) is 0.829. The maximum Gasteiger partial charge on any atom is 0.256 e. The molecule has 146 heavy (non-hydrogen) atoms. The van der Waals surface area contributed by atoms with Gasteiger partial charge < -0.3 is 60.6 Å². The predicted octanol–water partition coefficient (Wildman–Crippen LogP) is 19.7. The third kappa shape index (κ3) is 32.9. The molecule has 0 bridgehead atoms. The molecule has 722 valence electrons. The SMILES string of the molecule is C.C#Cc1cccc(C(=O)Nc2cc(N(C)c3cncnc3)cc(Cl)n2)c1.C#Cc1cccc(C(=O)Nc2cncc(Oc3cccnc3)c2)c1.C#Cc1cccc(C(=O)Nc2cncc(Oc3cncnc3)n2)c1.Cc1cccc(C(=O)Nc2cc(N(C)c3cncnc3)cc(Cl)n2)c1.Cc1cccc(C(=O)Nc2cncc(Oc3cncnc3)c2)c1.Cc1cccc(C(=O)Nc2cncc(Oc3cncnc3)n2)c1. The molecule has 0 aliphatic rings. The number of nitrogens with zero attached hydrogens (tertiary/aromatic N) is 21. The molecule has 0 fully saturated rings. The minimum absolute atomic E-state index is 0. The van der Waals surface area contributed by atoms with E-state index in [2.05, 4.69) is 144 Å². The quantitative estimate of drug-likeness (QED) is 0.0242. The van der Waals surface area contributed by atoms with Gasteiger partial charge in [0.25, 0.3) is 35.4 Å². The van der Waals surface area contributed by atoms with E-state index >= 15 is 0 Å².